The third-order valence-corrected chi connectivity index (χ3v) is 3.49. The third kappa shape index (κ3) is 4.17. The summed E-state index contributed by atoms with van der Waals surface area (Å²) in [5.41, 5.74) is 1.69. The van der Waals surface area contributed by atoms with E-state index in [1.54, 1.807) is 18.2 Å². The van der Waals surface area contributed by atoms with E-state index in [2.05, 4.69) is 5.32 Å². The standard InChI is InChI=1S/C15H13Cl2F2N/c16-12-3-2-11(13(17)8-12)5-6-20-9-10-1-4-14(18)15(19)7-10/h1-4,7-8,20H,5-6,9H2. The molecule has 0 saturated carbocycles. The summed E-state index contributed by atoms with van der Waals surface area (Å²) < 4.78 is 25.8. The minimum Gasteiger partial charge on any atom is -0.312 e. The predicted molar refractivity (Wildman–Crippen MR) is 78.2 cm³/mol. The fourth-order valence-corrected chi connectivity index (χ4v) is 2.33. The van der Waals surface area contributed by atoms with E-state index in [1.807, 2.05) is 6.07 Å². The zero-order valence-electron chi connectivity index (χ0n) is 10.6. The molecule has 20 heavy (non-hydrogen) atoms. The van der Waals surface area contributed by atoms with Gasteiger partial charge in [0.05, 0.1) is 0 Å². The minimum atomic E-state index is -0.832. The van der Waals surface area contributed by atoms with Crippen LogP contribution in [0.3, 0.4) is 0 Å². The second kappa shape index (κ2) is 7.02. The van der Waals surface area contributed by atoms with Crippen molar-refractivity contribution in [2.45, 2.75) is 13.0 Å². The molecule has 0 aliphatic rings. The van der Waals surface area contributed by atoms with Crippen LogP contribution in [0.4, 0.5) is 8.78 Å². The first-order valence-corrected chi connectivity index (χ1v) is 6.90. The van der Waals surface area contributed by atoms with Gasteiger partial charge in [0.1, 0.15) is 0 Å². The first kappa shape index (κ1) is 15.2. The van der Waals surface area contributed by atoms with Crippen molar-refractivity contribution in [1.29, 1.82) is 0 Å². The molecule has 2 aromatic carbocycles. The lowest BCUT2D eigenvalue weighted by Crippen LogP contribution is -2.17. The van der Waals surface area contributed by atoms with E-state index in [0.717, 1.165) is 18.1 Å². The van der Waals surface area contributed by atoms with Crippen molar-refractivity contribution in [3.05, 3.63) is 69.2 Å². The molecule has 0 saturated heterocycles. The van der Waals surface area contributed by atoms with Gasteiger partial charge in [0, 0.05) is 16.6 Å². The number of hydrogen-bond acceptors (Lipinski definition) is 1. The van der Waals surface area contributed by atoms with Gasteiger partial charge in [-0.15, -0.1) is 0 Å². The van der Waals surface area contributed by atoms with Crippen LogP contribution in [0, 0.1) is 11.6 Å². The molecule has 0 fully saturated rings. The number of halogens is 4. The molecule has 2 rings (SSSR count). The van der Waals surface area contributed by atoms with Crippen LogP contribution in [0.5, 0.6) is 0 Å². The Morgan fingerprint density at radius 3 is 2.45 bits per heavy atom. The number of hydrogen-bond donors (Lipinski definition) is 1. The molecule has 0 aromatic heterocycles. The van der Waals surface area contributed by atoms with Gasteiger partial charge in [-0.3, -0.25) is 0 Å². The van der Waals surface area contributed by atoms with Gasteiger partial charge in [0.15, 0.2) is 11.6 Å². The van der Waals surface area contributed by atoms with E-state index < -0.39 is 11.6 Å². The highest BCUT2D eigenvalue weighted by Gasteiger charge is 2.03. The summed E-state index contributed by atoms with van der Waals surface area (Å²) in [5.74, 6) is -1.66. The average Bonchev–Trinajstić information content (AvgIpc) is 2.40. The smallest absolute Gasteiger partial charge is 0.159 e. The van der Waals surface area contributed by atoms with E-state index in [9.17, 15) is 8.78 Å². The molecule has 0 aliphatic heterocycles. The maximum atomic E-state index is 13.0. The van der Waals surface area contributed by atoms with Gasteiger partial charge in [0.2, 0.25) is 0 Å². The number of rotatable bonds is 5. The van der Waals surface area contributed by atoms with Crippen LogP contribution in [-0.2, 0) is 13.0 Å². The van der Waals surface area contributed by atoms with Crippen molar-refractivity contribution in [2.75, 3.05) is 6.54 Å². The Morgan fingerprint density at radius 1 is 0.950 bits per heavy atom. The first-order chi connectivity index (χ1) is 9.56. The van der Waals surface area contributed by atoms with Crippen LogP contribution >= 0.6 is 23.2 Å². The Labute approximate surface area is 126 Å². The summed E-state index contributed by atoms with van der Waals surface area (Å²) in [6, 6.07) is 9.25. The lowest BCUT2D eigenvalue weighted by atomic mass is 10.1. The van der Waals surface area contributed by atoms with Gasteiger partial charge >= 0.3 is 0 Å². The summed E-state index contributed by atoms with van der Waals surface area (Å²) in [6.07, 6.45) is 0.736. The van der Waals surface area contributed by atoms with Crippen molar-refractivity contribution in [2.24, 2.45) is 0 Å². The molecular formula is C15H13Cl2F2N. The Morgan fingerprint density at radius 2 is 1.75 bits per heavy atom. The Balaban J connectivity index is 1.82. The van der Waals surface area contributed by atoms with Gasteiger partial charge in [-0.05, 0) is 48.4 Å². The minimum absolute atomic E-state index is 0.475. The van der Waals surface area contributed by atoms with E-state index >= 15 is 0 Å². The fourth-order valence-electron chi connectivity index (χ4n) is 1.83. The topological polar surface area (TPSA) is 12.0 Å². The number of benzene rings is 2. The monoisotopic (exact) mass is 315 g/mol. The molecule has 0 atom stereocenters. The van der Waals surface area contributed by atoms with E-state index in [1.165, 1.54) is 6.07 Å². The van der Waals surface area contributed by atoms with E-state index in [4.69, 9.17) is 23.2 Å². The molecular weight excluding hydrogens is 303 g/mol. The summed E-state index contributed by atoms with van der Waals surface area (Å²) in [7, 11) is 0. The molecule has 0 radical (unpaired) electrons. The van der Waals surface area contributed by atoms with Gasteiger partial charge in [-0.2, -0.15) is 0 Å². The zero-order valence-corrected chi connectivity index (χ0v) is 12.1. The van der Waals surface area contributed by atoms with Crippen LogP contribution in [0.25, 0.3) is 0 Å². The highest BCUT2D eigenvalue weighted by Crippen LogP contribution is 2.21. The van der Waals surface area contributed by atoms with Crippen LogP contribution in [0.2, 0.25) is 10.0 Å². The molecule has 0 heterocycles. The van der Waals surface area contributed by atoms with Crippen LogP contribution < -0.4 is 5.32 Å². The van der Waals surface area contributed by atoms with E-state index in [0.29, 0.717) is 28.7 Å². The molecule has 1 N–H and O–H groups in total. The SMILES string of the molecule is Fc1ccc(CNCCc2ccc(Cl)cc2Cl)cc1F. The summed E-state index contributed by atoms with van der Waals surface area (Å²) in [5, 5.41) is 4.39. The average molecular weight is 316 g/mol. The predicted octanol–water partition coefficient (Wildman–Crippen LogP) is 4.60. The molecule has 0 aliphatic carbocycles. The van der Waals surface area contributed by atoms with Crippen LogP contribution in [-0.4, -0.2) is 6.54 Å². The lowest BCUT2D eigenvalue weighted by Gasteiger charge is -2.07. The Kier molecular flexibility index (Phi) is 5.35. The zero-order chi connectivity index (χ0) is 14.5. The summed E-state index contributed by atoms with van der Waals surface area (Å²) in [6.45, 7) is 1.16. The maximum Gasteiger partial charge on any atom is 0.159 e. The second-order valence-electron chi connectivity index (χ2n) is 4.41. The van der Waals surface area contributed by atoms with Gasteiger partial charge in [-0.25, -0.2) is 8.78 Å². The second-order valence-corrected chi connectivity index (χ2v) is 5.25. The quantitative estimate of drug-likeness (QED) is 0.795. The molecule has 0 amide bonds. The molecule has 106 valence electrons. The molecule has 2 aromatic rings. The van der Waals surface area contributed by atoms with Crippen molar-refractivity contribution in [3.63, 3.8) is 0 Å². The van der Waals surface area contributed by atoms with Crippen molar-refractivity contribution in [1.82, 2.24) is 5.32 Å². The van der Waals surface area contributed by atoms with Crippen molar-refractivity contribution in [3.8, 4) is 0 Å². The molecule has 1 nitrogen and oxygen atoms in total. The van der Waals surface area contributed by atoms with Gasteiger partial charge < -0.3 is 5.32 Å². The largest absolute Gasteiger partial charge is 0.312 e. The highest BCUT2D eigenvalue weighted by molar-refractivity contribution is 6.35. The summed E-state index contributed by atoms with van der Waals surface area (Å²) in [4.78, 5) is 0. The van der Waals surface area contributed by atoms with Crippen LogP contribution in [0.15, 0.2) is 36.4 Å². The highest BCUT2D eigenvalue weighted by atomic mass is 35.5. The fraction of sp³-hybridized carbons (Fsp3) is 0.200. The van der Waals surface area contributed by atoms with E-state index in [-0.39, 0.29) is 0 Å². The van der Waals surface area contributed by atoms with Crippen molar-refractivity contribution < 1.29 is 8.78 Å². The maximum absolute atomic E-state index is 13.0. The van der Waals surface area contributed by atoms with Gasteiger partial charge in [-0.1, -0.05) is 35.3 Å². The lowest BCUT2D eigenvalue weighted by molar-refractivity contribution is 0.506. The molecule has 0 unspecified atom stereocenters. The molecule has 0 bridgehead atoms. The van der Waals surface area contributed by atoms with Gasteiger partial charge in [0.25, 0.3) is 0 Å². The Hall–Kier alpha value is -1.16. The first-order valence-electron chi connectivity index (χ1n) is 6.15. The van der Waals surface area contributed by atoms with Crippen LogP contribution in [0.1, 0.15) is 11.1 Å². The molecule has 0 spiro atoms. The third-order valence-electron chi connectivity index (χ3n) is 2.90. The summed E-state index contributed by atoms with van der Waals surface area (Å²) >= 11 is 11.9. The number of nitrogens with one attached hydrogen (secondary N) is 1. The normalized spacial score (nSPS) is 10.8. The van der Waals surface area contributed by atoms with Crippen molar-refractivity contribution >= 4 is 23.2 Å². The molecule has 5 heteroatoms. The Bertz CT molecular complexity index is 602.